The molecule has 28 heavy (non-hydrogen) atoms. The molecule has 1 aliphatic heterocycles. The van der Waals surface area contributed by atoms with Gasteiger partial charge in [0.05, 0.1) is 31.7 Å². The summed E-state index contributed by atoms with van der Waals surface area (Å²) in [5.41, 5.74) is 3.98. The monoisotopic (exact) mass is 413 g/mol. The summed E-state index contributed by atoms with van der Waals surface area (Å²) >= 11 is 7.68. The highest BCUT2D eigenvalue weighted by atomic mass is 35.5. The first-order valence-corrected chi connectivity index (χ1v) is 10.1. The van der Waals surface area contributed by atoms with Gasteiger partial charge in [-0.25, -0.2) is 9.99 Å². The molecule has 144 valence electrons. The minimum absolute atomic E-state index is 0.0359. The lowest BCUT2D eigenvalue weighted by atomic mass is 9.98. The van der Waals surface area contributed by atoms with Crippen molar-refractivity contribution in [1.82, 2.24) is 4.98 Å². The topological polar surface area (TPSA) is 47.0 Å². The van der Waals surface area contributed by atoms with E-state index in [-0.39, 0.29) is 6.04 Å². The van der Waals surface area contributed by atoms with Gasteiger partial charge in [-0.1, -0.05) is 23.7 Å². The molecule has 0 aliphatic carbocycles. The third kappa shape index (κ3) is 3.57. The van der Waals surface area contributed by atoms with Crippen LogP contribution in [-0.4, -0.2) is 24.9 Å². The molecule has 1 aromatic heterocycles. The number of thiazole rings is 1. The molecule has 0 saturated heterocycles. The number of halogens is 1. The second-order valence-electron chi connectivity index (χ2n) is 6.50. The molecule has 3 aromatic rings. The largest absolute Gasteiger partial charge is 0.497 e. The van der Waals surface area contributed by atoms with E-state index in [9.17, 15) is 0 Å². The zero-order valence-electron chi connectivity index (χ0n) is 15.8. The van der Waals surface area contributed by atoms with Crippen LogP contribution >= 0.6 is 22.9 Å². The Morgan fingerprint density at radius 3 is 2.54 bits per heavy atom. The second-order valence-corrected chi connectivity index (χ2v) is 7.77. The Morgan fingerprint density at radius 1 is 1.11 bits per heavy atom. The summed E-state index contributed by atoms with van der Waals surface area (Å²) in [5, 5.41) is 10.6. The lowest BCUT2D eigenvalue weighted by Gasteiger charge is -2.21. The van der Waals surface area contributed by atoms with E-state index in [0.717, 1.165) is 45.6 Å². The van der Waals surface area contributed by atoms with Gasteiger partial charge in [0.1, 0.15) is 11.5 Å². The first kappa shape index (κ1) is 18.8. The molecule has 7 heteroatoms. The molecular weight excluding hydrogens is 394 g/mol. The van der Waals surface area contributed by atoms with E-state index in [4.69, 9.17) is 26.2 Å². The number of rotatable bonds is 5. The molecule has 0 fully saturated rings. The number of aryl methyl sites for hydroxylation is 1. The van der Waals surface area contributed by atoms with Crippen molar-refractivity contribution in [3.05, 3.63) is 69.7 Å². The van der Waals surface area contributed by atoms with Crippen molar-refractivity contribution in [2.75, 3.05) is 19.2 Å². The Morgan fingerprint density at radius 2 is 1.89 bits per heavy atom. The fourth-order valence-corrected chi connectivity index (χ4v) is 4.21. The van der Waals surface area contributed by atoms with Crippen molar-refractivity contribution >= 4 is 33.8 Å². The van der Waals surface area contributed by atoms with E-state index >= 15 is 0 Å². The molecule has 4 rings (SSSR count). The molecule has 0 spiro atoms. The zero-order chi connectivity index (χ0) is 19.7. The van der Waals surface area contributed by atoms with Gasteiger partial charge in [0.15, 0.2) is 0 Å². The van der Waals surface area contributed by atoms with Gasteiger partial charge in [-0.05, 0) is 42.8 Å². The van der Waals surface area contributed by atoms with E-state index in [2.05, 4.69) is 4.98 Å². The van der Waals surface area contributed by atoms with Crippen LogP contribution in [0.15, 0.2) is 52.9 Å². The van der Waals surface area contributed by atoms with Crippen LogP contribution in [-0.2, 0) is 0 Å². The predicted octanol–water partition coefficient (Wildman–Crippen LogP) is 5.48. The quantitative estimate of drug-likeness (QED) is 0.555. The van der Waals surface area contributed by atoms with Gasteiger partial charge in [-0.3, -0.25) is 0 Å². The molecule has 2 aromatic carbocycles. The van der Waals surface area contributed by atoms with Crippen molar-refractivity contribution in [2.45, 2.75) is 19.4 Å². The Kier molecular flexibility index (Phi) is 5.24. The maximum absolute atomic E-state index is 6.09. The number of aromatic nitrogens is 1. The molecule has 0 radical (unpaired) electrons. The molecule has 5 nitrogen and oxygen atoms in total. The number of hydrogen-bond acceptors (Lipinski definition) is 6. The number of hydrogen-bond donors (Lipinski definition) is 0. The van der Waals surface area contributed by atoms with Crippen LogP contribution < -0.4 is 14.5 Å². The third-order valence-corrected chi connectivity index (χ3v) is 5.89. The van der Waals surface area contributed by atoms with Gasteiger partial charge < -0.3 is 9.47 Å². The van der Waals surface area contributed by atoms with Crippen molar-refractivity contribution < 1.29 is 9.47 Å². The Hall–Kier alpha value is -2.57. The first-order valence-electron chi connectivity index (χ1n) is 8.85. The molecule has 0 bridgehead atoms. The van der Waals surface area contributed by atoms with Crippen molar-refractivity contribution in [1.29, 1.82) is 0 Å². The van der Waals surface area contributed by atoms with Crippen LogP contribution in [0, 0.1) is 6.92 Å². The molecular formula is C21H20ClN3O2S. The number of ether oxygens (including phenoxy) is 2. The van der Waals surface area contributed by atoms with E-state index in [1.165, 1.54) is 0 Å². The van der Waals surface area contributed by atoms with E-state index in [1.807, 2.05) is 59.8 Å². The maximum atomic E-state index is 6.09. The first-order chi connectivity index (χ1) is 13.6. The molecule has 0 N–H and O–H groups in total. The van der Waals surface area contributed by atoms with Crippen LogP contribution in [0.2, 0.25) is 5.02 Å². The molecule has 2 heterocycles. The van der Waals surface area contributed by atoms with Crippen LogP contribution in [0.4, 0.5) is 5.13 Å². The van der Waals surface area contributed by atoms with E-state index < -0.39 is 0 Å². The average Bonchev–Trinajstić information content (AvgIpc) is 3.34. The summed E-state index contributed by atoms with van der Waals surface area (Å²) in [4.78, 5) is 4.65. The Labute approximate surface area is 173 Å². The lowest BCUT2D eigenvalue weighted by molar-refractivity contribution is 0.402. The zero-order valence-corrected chi connectivity index (χ0v) is 17.4. The van der Waals surface area contributed by atoms with Crippen molar-refractivity contribution in [3.8, 4) is 11.5 Å². The molecule has 0 saturated carbocycles. The number of nitrogens with zero attached hydrogens (tertiary/aromatic N) is 3. The SMILES string of the molecule is COc1ccc(OC)c(C2=NN(c3nc(C)cs3)C(c3ccc(Cl)cc3)C2)c1. The summed E-state index contributed by atoms with van der Waals surface area (Å²) in [6.07, 6.45) is 0.726. The second kappa shape index (κ2) is 7.81. The van der Waals surface area contributed by atoms with Gasteiger partial charge in [-0.2, -0.15) is 5.10 Å². The molecule has 1 atom stereocenters. The Bertz CT molecular complexity index is 1020. The van der Waals surface area contributed by atoms with Crippen LogP contribution in [0.1, 0.15) is 29.3 Å². The summed E-state index contributed by atoms with van der Waals surface area (Å²) in [5.74, 6) is 1.54. The van der Waals surface area contributed by atoms with Crippen molar-refractivity contribution in [3.63, 3.8) is 0 Å². The van der Waals surface area contributed by atoms with Gasteiger partial charge in [0.25, 0.3) is 0 Å². The van der Waals surface area contributed by atoms with Crippen LogP contribution in [0.5, 0.6) is 11.5 Å². The average molecular weight is 414 g/mol. The standard InChI is InChI=1S/C21H20ClN3O2S/c1-13-12-28-21(23-13)25-19(14-4-6-15(22)7-5-14)11-18(24-25)17-10-16(26-2)8-9-20(17)27-3/h4-10,12,19H,11H2,1-3H3. The van der Waals surface area contributed by atoms with Gasteiger partial charge in [-0.15, -0.1) is 11.3 Å². The highest BCUT2D eigenvalue weighted by molar-refractivity contribution is 7.13. The smallest absolute Gasteiger partial charge is 0.206 e. The van der Waals surface area contributed by atoms with Crippen molar-refractivity contribution in [2.24, 2.45) is 5.10 Å². The van der Waals surface area contributed by atoms with Gasteiger partial charge in [0, 0.05) is 22.4 Å². The lowest BCUT2D eigenvalue weighted by Crippen LogP contribution is -2.18. The number of methoxy groups -OCH3 is 2. The Balaban J connectivity index is 1.78. The molecule has 1 unspecified atom stereocenters. The van der Waals surface area contributed by atoms with Crippen LogP contribution in [0.25, 0.3) is 0 Å². The molecule has 1 aliphatic rings. The predicted molar refractivity (Wildman–Crippen MR) is 114 cm³/mol. The number of benzene rings is 2. The number of hydrazone groups is 1. The van der Waals surface area contributed by atoms with Gasteiger partial charge >= 0.3 is 0 Å². The molecule has 0 amide bonds. The summed E-state index contributed by atoms with van der Waals surface area (Å²) in [7, 11) is 3.32. The summed E-state index contributed by atoms with van der Waals surface area (Å²) in [6.45, 7) is 1.99. The maximum Gasteiger partial charge on any atom is 0.206 e. The summed E-state index contributed by atoms with van der Waals surface area (Å²) in [6, 6.07) is 13.7. The number of anilines is 1. The highest BCUT2D eigenvalue weighted by Gasteiger charge is 2.32. The fraction of sp³-hybridized carbons (Fsp3) is 0.238. The summed E-state index contributed by atoms with van der Waals surface area (Å²) < 4.78 is 11.0. The minimum atomic E-state index is 0.0359. The van der Waals surface area contributed by atoms with E-state index in [1.54, 1.807) is 25.6 Å². The van der Waals surface area contributed by atoms with Gasteiger partial charge in [0.2, 0.25) is 5.13 Å². The fourth-order valence-electron chi connectivity index (χ4n) is 3.28. The minimum Gasteiger partial charge on any atom is -0.497 e. The normalized spacial score (nSPS) is 16.2. The third-order valence-electron chi connectivity index (χ3n) is 4.69. The van der Waals surface area contributed by atoms with Crippen LogP contribution in [0.3, 0.4) is 0 Å². The highest BCUT2D eigenvalue weighted by Crippen LogP contribution is 2.40. The van der Waals surface area contributed by atoms with E-state index in [0.29, 0.717) is 5.02 Å².